The number of rotatable bonds is 1. The Balaban J connectivity index is 2.26. The van der Waals surface area contributed by atoms with Crippen molar-refractivity contribution in [2.45, 2.75) is 6.04 Å². The summed E-state index contributed by atoms with van der Waals surface area (Å²) in [7, 11) is 1.82. The van der Waals surface area contributed by atoms with Crippen LogP contribution in [0.15, 0.2) is 28.7 Å². The Bertz CT molecular complexity index is 381. The van der Waals surface area contributed by atoms with E-state index in [0.29, 0.717) is 6.61 Å². The molecule has 0 spiro atoms. The molecule has 0 bridgehead atoms. The quantitative estimate of drug-likeness (QED) is 0.781. The minimum Gasteiger partial charge on any atom is -0.369 e. The Morgan fingerprint density at radius 3 is 3.07 bits per heavy atom. The van der Waals surface area contributed by atoms with Gasteiger partial charge in [-0.25, -0.2) is 0 Å². The van der Waals surface area contributed by atoms with Crippen molar-refractivity contribution in [2.24, 2.45) is 0 Å². The van der Waals surface area contributed by atoms with Gasteiger partial charge in [-0.3, -0.25) is 4.79 Å². The molecular formula is C11H12BrNO2. The SMILES string of the molecule is CN1C(=O)COCC1c1cccc(Br)c1. The van der Waals surface area contributed by atoms with E-state index >= 15 is 0 Å². The molecule has 2 rings (SSSR count). The molecule has 0 saturated carbocycles. The van der Waals surface area contributed by atoms with Crippen molar-refractivity contribution in [3.05, 3.63) is 34.3 Å². The fourth-order valence-electron chi connectivity index (χ4n) is 1.68. The average Bonchev–Trinajstić information content (AvgIpc) is 2.22. The van der Waals surface area contributed by atoms with Crippen molar-refractivity contribution in [3.63, 3.8) is 0 Å². The molecule has 1 aromatic rings. The van der Waals surface area contributed by atoms with E-state index in [4.69, 9.17) is 4.74 Å². The number of carbonyl (C=O) groups excluding carboxylic acids is 1. The predicted octanol–water partition coefficient (Wildman–Crippen LogP) is 1.98. The first kappa shape index (κ1) is 10.6. The number of ether oxygens (including phenoxy) is 1. The van der Waals surface area contributed by atoms with Gasteiger partial charge in [0.25, 0.3) is 0 Å². The van der Waals surface area contributed by atoms with Crippen LogP contribution >= 0.6 is 15.9 Å². The van der Waals surface area contributed by atoms with E-state index in [1.807, 2.05) is 31.3 Å². The highest BCUT2D eigenvalue weighted by atomic mass is 79.9. The third kappa shape index (κ3) is 2.21. The van der Waals surface area contributed by atoms with Gasteiger partial charge in [0.05, 0.1) is 12.6 Å². The van der Waals surface area contributed by atoms with E-state index in [1.54, 1.807) is 4.90 Å². The molecule has 0 aliphatic carbocycles. The second kappa shape index (κ2) is 4.33. The Hall–Kier alpha value is -0.870. The summed E-state index contributed by atoms with van der Waals surface area (Å²) in [4.78, 5) is 13.2. The minimum absolute atomic E-state index is 0.0312. The number of halogens is 1. The maximum absolute atomic E-state index is 11.5. The highest BCUT2D eigenvalue weighted by Gasteiger charge is 2.26. The van der Waals surface area contributed by atoms with Gasteiger partial charge in [-0.15, -0.1) is 0 Å². The zero-order valence-electron chi connectivity index (χ0n) is 8.44. The summed E-state index contributed by atoms with van der Waals surface area (Å²) in [6, 6.07) is 7.99. The van der Waals surface area contributed by atoms with Gasteiger partial charge in [0.2, 0.25) is 5.91 Å². The molecule has 1 amide bonds. The summed E-state index contributed by atoms with van der Waals surface area (Å²) in [6.07, 6.45) is 0. The van der Waals surface area contributed by atoms with Gasteiger partial charge >= 0.3 is 0 Å². The second-order valence-corrected chi connectivity index (χ2v) is 4.51. The second-order valence-electron chi connectivity index (χ2n) is 3.59. The molecule has 1 atom stereocenters. The third-order valence-electron chi connectivity index (χ3n) is 2.60. The smallest absolute Gasteiger partial charge is 0.248 e. The third-order valence-corrected chi connectivity index (χ3v) is 3.09. The number of likely N-dealkylation sites (N-methyl/N-ethyl adjacent to an activating group) is 1. The summed E-state index contributed by atoms with van der Waals surface area (Å²) in [5.74, 6) is 0.0335. The summed E-state index contributed by atoms with van der Waals surface area (Å²) < 4.78 is 6.27. The maximum Gasteiger partial charge on any atom is 0.248 e. The van der Waals surface area contributed by atoms with Gasteiger partial charge in [0, 0.05) is 11.5 Å². The van der Waals surface area contributed by atoms with Gasteiger partial charge in [-0.1, -0.05) is 28.1 Å². The van der Waals surface area contributed by atoms with Crippen LogP contribution in [0.3, 0.4) is 0 Å². The lowest BCUT2D eigenvalue weighted by Gasteiger charge is -2.32. The molecule has 80 valence electrons. The van der Waals surface area contributed by atoms with Crippen LogP contribution in [0.4, 0.5) is 0 Å². The predicted molar refractivity (Wildman–Crippen MR) is 60.5 cm³/mol. The average molecular weight is 270 g/mol. The van der Waals surface area contributed by atoms with E-state index in [-0.39, 0.29) is 18.6 Å². The van der Waals surface area contributed by atoms with E-state index in [1.165, 1.54) is 0 Å². The highest BCUT2D eigenvalue weighted by Crippen LogP contribution is 2.25. The lowest BCUT2D eigenvalue weighted by molar-refractivity contribution is -0.146. The molecule has 1 saturated heterocycles. The molecule has 15 heavy (non-hydrogen) atoms. The van der Waals surface area contributed by atoms with Crippen LogP contribution in [-0.4, -0.2) is 31.1 Å². The van der Waals surface area contributed by atoms with E-state index in [0.717, 1.165) is 10.0 Å². The zero-order valence-corrected chi connectivity index (χ0v) is 10.0. The van der Waals surface area contributed by atoms with Crippen molar-refractivity contribution >= 4 is 21.8 Å². The molecule has 1 fully saturated rings. The summed E-state index contributed by atoms with van der Waals surface area (Å²) in [6.45, 7) is 0.764. The number of hydrogen-bond donors (Lipinski definition) is 0. The minimum atomic E-state index is 0.0312. The van der Waals surface area contributed by atoms with Crippen LogP contribution in [-0.2, 0) is 9.53 Å². The van der Waals surface area contributed by atoms with Crippen molar-refractivity contribution in [3.8, 4) is 0 Å². The molecule has 1 aliphatic rings. The first-order valence-corrected chi connectivity index (χ1v) is 5.56. The van der Waals surface area contributed by atoms with Crippen LogP contribution in [0.5, 0.6) is 0 Å². The molecule has 1 aliphatic heterocycles. The van der Waals surface area contributed by atoms with Crippen LogP contribution in [0.1, 0.15) is 11.6 Å². The van der Waals surface area contributed by atoms with Crippen molar-refractivity contribution < 1.29 is 9.53 Å². The maximum atomic E-state index is 11.5. The lowest BCUT2D eigenvalue weighted by Crippen LogP contribution is -2.41. The Morgan fingerprint density at radius 2 is 2.33 bits per heavy atom. The molecule has 0 N–H and O–H groups in total. The monoisotopic (exact) mass is 269 g/mol. The van der Waals surface area contributed by atoms with Crippen molar-refractivity contribution in [2.75, 3.05) is 20.3 Å². The lowest BCUT2D eigenvalue weighted by atomic mass is 10.1. The molecule has 0 radical (unpaired) electrons. The van der Waals surface area contributed by atoms with E-state index < -0.39 is 0 Å². The van der Waals surface area contributed by atoms with Crippen molar-refractivity contribution in [1.29, 1.82) is 0 Å². The van der Waals surface area contributed by atoms with Crippen LogP contribution in [0.2, 0.25) is 0 Å². The number of morpholine rings is 1. The Kier molecular flexibility index (Phi) is 3.07. The standard InChI is InChI=1S/C11H12BrNO2/c1-13-10(6-15-7-11(13)14)8-3-2-4-9(12)5-8/h2-5,10H,6-7H2,1H3. The largest absolute Gasteiger partial charge is 0.369 e. The topological polar surface area (TPSA) is 29.5 Å². The molecule has 3 nitrogen and oxygen atoms in total. The van der Waals surface area contributed by atoms with Crippen molar-refractivity contribution in [1.82, 2.24) is 4.90 Å². The fraction of sp³-hybridized carbons (Fsp3) is 0.364. The zero-order chi connectivity index (χ0) is 10.8. The van der Waals surface area contributed by atoms with Gasteiger partial charge in [0.15, 0.2) is 0 Å². The number of carbonyl (C=O) groups is 1. The van der Waals surface area contributed by atoms with Crippen LogP contribution in [0, 0.1) is 0 Å². The molecule has 4 heteroatoms. The van der Waals surface area contributed by atoms with E-state index in [9.17, 15) is 4.79 Å². The fourth-order valence-corrected chi connectivity index (χ4v) is 2.10. The molecule has 0 aromatic heterocycles. The number of hydrogen-bond acceptors (Lipinski definition) is 2. The van der Waals surface area contributed by atoms with Gasteiger partial charge in [0.1, 0.15) is 6.61 Å². The normalized spacial score (nSPS) is 21.9. The Morgan fingerprint density at radius 1 is 1.53 bits per heavy atom. The molecule has 1 aromatic carbocycles. The summed E-state index contributed by atoms with van der Waals surface area (Å²) in [5.41, 5.74) is 1.10. The summed E-state index contributed by atoms with van der Waals surface area (Å²) >= 11 is 3.42. The number of amides is 1. The van der Waals surface area contributed by atoms with Gasteiger partial charge in [-0.05, 0) is 17.7 Å². The first-order chi connectivity index (χ1) is 7.18. The molecular weight excluding hydrogens is 258 g/mol. The highest BCUT2D eigenvalue weighted by molar-refractivity contribution is 9.10. The molecule has 1 heterocycles. The van der Waals surface area contributed by atoms with Crippen LogP contribution < -0.4 is 0 Å². The van der Waals surface area contributed by atoms with Gasteiger partial charge < -0.3 is 9.64 Å². The Labute approximate surface area is 97.2 Å². The molecule has 1 unspecified atom stereocenters. The summed E-state index contributed by atoms with van der Waals surface area (Å²) in [5, 5.41) is 0. The number of nitrogens with zero attached hydrogens (tertiary/aromatic N) is 1. The number of benzene rings is 1. The van der Waals surface area contributed by atoms with E-state index in [2.05, 4.69) is 15.9 Å². The van der Waals surface area contributed by atoms with Gasteiger partial charge in [-0.2, -0.15) is 0 Å². The van der Waals surface area contributed by atoms with Crippen LogP contribution in [0.25, 0.3) is 0 Å². The first-order valence-electron chi connectivity index (χ1n) is 4.77.